The molecule has 1 aromatic rings. The van der Waals surface area contributed by atoms with Crippen molar-refractivity contribution in [2.45, 2.75) is 25.5 Å². The van der Waals surface area contributed by atoms with E-state index in [0.717, 1.165) is 24.2 Å². The molecule has 4 heteroatoms. The molecule has 1 saturated heterocycles. The Balaban J connectivity index is 1.84. The molecule has 0 radical (unpaired) electrons. The smallest absolute Gasteiger partial charge is 0.0702 e. The molecule has 1 aromatic heterocycles. The van der Waals surface area contributed by atoms with Crippen LogP contribution in [0.5, 0.6) is 0 Å². The van der Waals surface area contributed by atoms with Crippen molar-refractivity contribution in [3.05, 3.63) is 28.5 Å². The van der Waals surface area contributed by atoms with E-state index in [2.05, 4.69) is 38.9 Å². The number of halogens is 1. The van der Waals surface area contributed by atoms with E-state index in [1.54, 1.807) is 0 Å². The van der Waals surface area contributed by atoms with Gasteiger partial charge in [0, 0.05) is 36.6 Å². The van der Waals surface area contributed by atoms with E-state index in [1.807, 2.05) is 12.4 Å². The van der Waals surface area contributed by atoms with Gasteiger partial charge in [0.1, 0.15) is 0 Å². The molecule has 1 aliphatic rings. The van der Waals surface area contributed by atoms with Gasteiger partial charge in [-0.3, -0.25) is 9.88 Å². The molecule has 1 unspecified atom stereocenters. The molecule has 2 rings (SSSR count). The number of rotatable bonds is 4. The summed E-state index contributed by atoms with van der Waals surface area (Å²) >= 11 is 3.43. The first-order chi connectivity index (χ1) is 7.74. The van der Waals surface area contributed by atoms with Crippen LogP contribution in [0.25, 0.3) is 0 Å². The summed E-state index contributed by atoms with van der Waals surface area (Å²) < 4.78 is 6.66. The third kappa shape index (κ3) is 3.54. The molecular formula is C12H17BrN2O. The van der Waals surface area contributed by atoms with Crippen molar-refractivity contribution in [3.8, 4) is 0 Å². The van der Waals surface area contributed by atoms with Crippen LogP contribution in [0.1, 0.15) is 18.4 Å². The Morgan fingerprint density at radius 3 is 3.12 bits per heavy atom. The maximum atomic E-state index is 5.62. The van der Waals surface area contributed by atoms with Crippen LogP contribution >= 0.6 is 15.9 Å². The van der Waals surface area contributed by atoms with Gasteiger partial charge in [0.15, 0.2) is 0 Å². The van der Waals surface area contributed by atoms with Crippen molar-refractivity contribution in [2.75, 3.05) is 20.2 Å². The molecule has 1 atom stereocenters. The first-order valence-corrected chi connectivity index (χ1v) is 6.43. The van der Waals surface area contributed by atoms with Gasteiger partial charge in [-0.15, -0.1) is 0 Å². The molecule has 0 bridgehead atoms. The lowest BCUT2D eigenvalue weighted by atomic mass is 10.2. The molecule has 1 fully saturated rings. The van der Waals surface area contributed by atoms with Gasteiger partial charge < -0.3 is 4.74 Å². The zero-order valence-corrected chi connectivity index (χ0v) is 11.1. The van der Waals surface area contributed by atoms with Crippen molar-refractivity contribution in [1.82, 2.24) is 9.88 Å². The maximum Gasteiger partial charge on any atom is 0.0702 e. The van der Waals surface area contributed by atoms with Crippen LogP contribution < -0.4 is 0 Å². The van der Waals surface area contributed by atoms with Gasteiger partial charge in [-0.1, -0.05) is 0 Å². The minimum Gasteiger partial charge on any atom is -0.377 e. The molecule has 0 saturated carbocycles. The minimum absolute atomic E-state index is 0.421. The Labute approximate surface area is 105 Å². The summed E-state index contributed by atoms with van der Waals surface area (Å²) in [7, 11) is 2.13. The molecule has 3 nitrogen and oxygen atoms in total. The van der Waals surface area contributed by atoms with Gasteiger partial charge >= 0.3 is 0 Å². The first kappa shape index (κ1) is 12.0. The summed E-state index contributed by atoms with van der Waals surface area (Å²) in [6, 6.07) is 2.11. The molecule has 0 aromatic carbocycles. The lowest BCUT2D eigenvalue weighted by Crippen LogP contribution is -2.28. The van der Waals surface area contributed by atoms with Crippen LogP contribution in [0.3, 0.4) is 0 Å². The van der Waals surface area contributed by atoms with Crippen molar-refractivity contribution in [3.63, 3.8) is 0 Å². The third-order valence-corrected chi connectivity index (χ3v) is 3.19. The van der Waals surface area contributed by atoms with Crippen molar-refractivity contribution >= 4 is 15.9 Å². The predicted molar refractivity (Wildman–Crippen MR) is 67.2 cm³/mol. The normalized spacial score (nSPS) is 20.6. The highest BCUT2D eigenvalue weighted by atomic mass is 79.9. The fourth-order valence-electron chi connectivity index (χ4n) is 2.05. The second-order valence-corrected chi connectivity index (χ2v) is 5.26. The lowest BCUT2D eigenvalue weighted by molar-refractivity contribution is 0.0793. The molecule has 1 aliphatic heterocycles. The van der Waals surface area contributed by atoms with Crippen molar-refractivity contribution in [2.24, 2.45) is 0 Å². The Morgan fingerprint density at radius 1 is 1.56 bits per heavy atom. The second kappa shape index (κ2) is 5.75. The highest BCUT2D eigenvalue weighted by molar-refractivity contribution is 9.10. The van der Waals surface area contributed by atoms with Crippen LogP contribution in [0, 0.1) is 0 Å². The van der Waals surface area contributed by atoms with E-state index in [1.165, 1.54) is 18.4 Å². The SMILES string of the molecule is CN(Cc1cncc(Br)c1)CC1CCCO1. The number of nitrogens with zero attached hydrogens (tertiary/aromatic N) is 2. The molecular weight excluding hydrogens is 268 g/mol. The number of aromatic nitrogens is 1. The number of pyridine rings is 1. The molecule has 0 spiro atoms. The summed E-state index contributed by atoms with van der Waals surface area (Å²) in [5.74, 6) is 0. The van der Waals surface area contributed by atoms with Crippen LogP contribution in [0.15, 0.2) is 22.9 Å². The quantitative estimate of drug-likeness (QED) is 0.849. The van der Waals surface area contributed by atoms with Gasteiger partial charge in [-0.05, 0) is 47.4 Å². The zero-order valence-electron chi connectivity index (χ0n) is 9.53. The third-order valence-electron chi connectivity index (χ3n) is 2.75. The molecule has 0 aliphatic carbocycles. The van der Waals surface area contributed by atoms with Crippen molar-refractivity contribution in [1.29, 1.82) is 0 Å². The van der Waals surface area contributed by atoms with Gasteiger partial charge in [-0.2, -0.15) is 0 Å². The van der Waals surface area contributed by atoms with Crippen LogP contribution in [0.2, 0.25) is 0 Å². The van der Waals surface area contributed by atoms with Crippen LogP contribution in [-0.2, 0) is 11.3 Å². The fourth-order valence-corrected chi connectivity index (χ4v) is 2.47. The molecule has 0 amide bonds. The van der Waals surface area contributed by atoms with Crippen molar-refractivity contribution < 1.29 is 4.74 Å². The van der Waals surface area contributed by atoms with E-state index in [-0.39, 0.29) is 0 Å². The number of likely N-dealkylation sites (N-methyl/N-ethyl adjacent to an activating group) is 1. The summed E-state index contributed by atoms with van der Waals surface area (Å²) in [4.78, 5) is 6.46. The van der Waals surface area contributed by atoms with E-state index in [4.69, 9.17) is 4.74 Å². The monoisotopic (exact) mass is 284 g/mol. The molecule has 2 heterocycles. The van der Waals surface area contributed by atoms with E-state index in [0.29, 0.717) is 6.10 Å². The summed E-state index contributed by atoms with van der Waals surface area (Å²) in [6.07, 6.45) is 6.54. The predicted octanol–water partition coefficient (Wildman–Crippen LogP) is 2.45. The average molecular weight is 285 g/mol. The zero-order chi connectivity index (χ0) is 11.4. The standard InChI is InChI=1S/C12H17BrN2O/c1-15(9-12-3-2-4-16-12)8-10-5-11(13)7-14-6-10/h5-7,12H,2-4,8-9H2,1H3. The summed E-state index contributed by atoms with van der Waals surface area (Å²) in [5.41, 5.74) is 1.23. The van der Waals surface area contributed by atoms with E-state index in [9.17, 15) is 0 Å². The van der Waals surface area contributed by atoms with Gasteiger partial charge in [-0.25, -0.2) is 0 Å². The van der Waals surface area contributed by atoms with Gasteiger partial charge in [0.25, 0.3) is 0 Å². The Kier molecular flexibility index (Phi) is 4.32. The highest BCUT2D eigenvalue weighted by Gasteiger charge is 2.17. The van der Waals surface area contributed by atoms with Gasteiger partial charge in [0.05, 0.1) is 6.10 Å². The number of hydrogen-bond acceptors (Lipinski definition) is 3. The summed E-state index contributed by atoms with van der Waals surface area (Å²) in [5, 5.41) is 0. The molecule has 0 N–H and O–H groups in total. The summed E-state index contributed by atoms with van der Waals surface area (Å²) in [6.45, 7) is 2.86. The van der Waals surface area contributed by atoms with Gasteiger partial charge in [0.2, 0.25) is 0 Å². The second-order valence-electron chi connectivity index (χ2n) is 4.34. The Hall–Kier alpha value is -0.450. The maximum absolute atomic E-state index is 5.62. The number of hydrogen-bond donors (Lipinski definition) is 0. The fraction of sp³-hybridized carbons (Fsp3) is 0.583. The number of ether oxygens (including phenoxy) is 1. The topological polar surface area (TPSA) is 25.4 Å². The Bertz CT molecular complexity index is 340. The largest absolute Gasteiger partial charge is 0.377 e. The molecule has 88 valence electrons. The highest BCUT2D eigenvalue weighted by Crippen LogP contribution is 2.15. The van der Waals surface area contributed by atoms with E-state index >= 15 is 0 Å². The lowest BCUT2D eigenvalue weighted by Gasteiger charge is -2.20. The molecule has 16 heavy (non-hydrogen) atoms. The Morgan fingerprint density at radius 2 is 2.44 bits per heavy atom. The average Bonchev–Trinajstić information content (AvgIpc) is 2.70. The van der Waals surface area contributed by atoms with Crippen LogP contribution in [-0.4, -0.2) is 36.2 Å². The van der Waals surface area contributed by atoms with E-state index < -0.39 is 0 Å². The van der Waals surface area contributed by atoms with Crippen LogP contribution in [0.4, 0.5) is 0 Å². The first-order valence-electron chi connectivity index (χ1n) is 5.63. The minimum atomic E-state index is 0.421.